The van der Waals surface area contributed by atoms with Gasteiger partial charge in [0, 0.05) is 11.7 Å². The van der Waals surface area contributed by atoms with Gasteiger partial charge in [-0.1, -0.05) is 18.9 Å². The number of ether oxygens (including phenoxy) is 2. The molecular formula is C25H33N9O4. The van der Waals surface area contributed by atoms with Crippen LogP contribution in [0, 0.1) is 0 Å². The Labute approximate surface area is 220 Å². The lowest BCUT2D eigenvalue weighted by atomic mass is 9.90. The topological polar surface area (TPSA) is 171 Å². The predicted molar refractivity (Wildman–Crippen MR) is 141 cm³/mol. The van der Waals surface area contributed by atoms with Crippen molar-refractivity contribution in [3.05, 3.63) is 42.2 Å². The Kier molecular flexibility index (Phi) is 7.93. The van der Waals surface area contributed by atoms with E-state index >= 15 is 0 Å². The molecule has 5 N–H and O–H groups in total. The Morgan fingerprint density at radius 1 is 1.08 bits per heavy atom. The fraction of sp³-hybridized carbons (Fsp3) is 0.440. The third kappa shape index (κ3) is 6.66. The molecule has 0 aliphatic heterocycles. The van der Waals surface area contributed by atoms with E-state index in [1.165, 1.54) is 11.9 Å². The van der Waals surface area contributed by atoms with E-state index < -0.39 is 17.6 Å². The number of nitrogens with two attached hydrogens (primary N) is 1. The van der Waals surface area contributed by atoms with Crippen LogP contribution in [0.15, 0.2) is 36.7 Å². The predicted octanol–water partition coefficient (Wildman–Crippen LogP) is 3.16. The molecule has 1 fully saturated rings. The second-order valence-electron chi connectivity index (χ2n) is 9.93. The van der Waals surface area contributed by atoms with Crippen molar-refractivity contribution in [2.75, 3.05) is 17.7 Å². The maximum absolute atomic E-state index is 12.4. The van der Waals surface area contributed by atoms with Gasteiger partial charge >= 0.3 is 6.09 Å². The monoisotopic (exact) mass is 523 g/mol. The fourth-order valence-electron chi connectivity index (χ4n) is 4.26. The Morgan fingerprint density at radius 2 is 1.79 bits per heavy atom. The Balaban J connectivity index is 1.60. The van der Waals surface area contributed by atoms with Gasteiger partial charge in [-0.05, 0) is 51.8 Å². The zero-order valence-electron chi connectivity index (χ0n) is 21.9. The molecule has 202 valence electrons. The normalized spacial score (nSPS) is 17.4. The van der Waals surface area contributed by atoms with E-state index in [0.717, 1.165) is 25.7 Å². The number of methoxy groups -OCH3 is 1. The number of nitrogens with zero attached hydrogens (tertiary/aromatic N) is 5. The van der Waals surface area contributed by atoms with Crippen LogP contribution in [0.5, 0.6) is 5.88 Å². The highest BCUT2D eigenvalue weighted by atomic mass is 16.6. The molecule has 13 nitrogen and oxygen atoms in total. The first kappa shape index (κ1) is 26.6. The number of alkyl carbamates (subject to hydrolysis) is 1. The number of carbonyl (C=O) groups is 2. The molecule has 0 spiro atoms. The van der Waals surface area contributed by atoms with E-state index in [9.17, 15) is 9.59 Å². The summed E-state index contributed by atoms with van der Waals surface area (Å²) in [4.78, 5) is 35.2. The maximum Gasteiger partial charge on any atom is 0.407 e. The summed E-state index contributed by atoms with van der Waals surface area (Å²) in [5, 5.41) is 17.7. The molecule has 13 heteroatoms. The van der Waals surface area contributed by atoms with Crippen LogP contribution in [0.3, 0.4) is 0 Å². The van der Waals surface area contributed by atoms with Crippen molar-refractivity contribution in [3.8, 4) is 11.6 Å². The van der Waals surface area contributed by atoms with E-state index in [2.05, 4.69) is 36.1 Å². The lowest BCUT2D eigenvalue weighted by Gasteiger charge is -2.33. The van der Waals surface area contributed by atoms with Gasteiger partial charge in [0.05, 0.1) is 31.2 Å². The van der Waals surface area contributed by atoms with Gasteiger partial charge in [-0.3, -0.25) is 4.79 Å². The number of aromatic nitrogens is 5. The number of benzene rings is 1. The van der Waals surface area contributed by atoms with Crippen LogP contribution in [0.25, 0.3) is 5.69 Å². The van der Waals surface area contributed by atoms with E-state index in [1.807, 2.05) is 32.9 Å². The van der Waals surface area contributed by atoms with Crippen molar-refractivity contribution >= 4 is 29.5 Å². The number of nitrogens with one attached hydrogen (secondary N) is 3. The Morgan fingerprint density at radius 3 is 2.45 bits per heavy atom. The molecule has 2 amide bonds. The van der Waals surface area contributed by atoms with E-state index in [-0.39, 0.29) is 35.3 Å². The molecule has 0 radical (unpaired) electrons. The quantitative estimate of drug-likeness (QED) is 0.344. The molecule has 0 saturated heterocycles. The standard InChI is InChI=1S/C25H33N9O4/c1-25(2,3)38-24(36)31-18-11-6-5-10-17(18)30-23-32-21(19(20(26)35)22(33-23)37-4)29-15-8-7-9-16(14-15)34-27-12-13-28-34/h7-9,12-14,17-18H,5-6,10-11H2,1-4H3,(H2,26,35)(H,31,36)(H2,29,30,32,33). The van der Waals surface area contributed by atoms with Crippen LogP contribution in [-0.2, 0) is 4.74 Å². The molecule has 2 unspecified atom stereocenters. The first-order valence-corrected chi connectivity index (χ1v) is 12.4. The van der Waals surface area contributed by atoms with Gasteiger partial charge in [-0.2, -0.15) is 25.0 Å². The highest BCUT2D eigenvalue weighted by molar-refractivity contribution is 6.00. The van der Waals surface area contributed by atoms with Crippen LogP contribution >= 0.6 is 0 Å². The Bertz CT molecular complexity index is 1270. The van der Waals surface area contributed by atoms with Gasteiger partial charge in [0.15, 0.2) is 5.82 Å². The average molecular weight is 524 g/mol. The third-order valence-corrected chi connectivity index (χ3v) is 5.86. The van der Waals surface area contributed by atoms with Crippen molar-refractivity contribution in [1.29, 1.82) is 0 Å². The number of carbonyl (C=O) groups excluding carboxylic acids is 2. The maximum atomic E-state index is 12.4. The van der Waals surface area contributed by atoms with Crippen LogP contribution in [0.2, 0.25) is 0 Å². The van der Waals surface area contributed by atoms with Gasteiger partial charge in [0.25, 0.3) is 5.91 Å². The van der Waals surface area contributed by atoms with Crippen molar-refractivity contribution in [3.63, 3.8) is 0 Å². The molecule has 4 rings (SSSR count). The summed E-state index contributed by atoms with van der Waals surface area (Å²) >= 11 is 0. The van der Waals surface area contributed by atoms with Crippen LogP contribution < -0.4 is 26.4 Å². The van der Waals surface area contributed by atoms with E-state index in [4.69, 9.17) is 15.2 Å². The summed E-state index contributed by atoms with van der Waals surface area (Å²) in [5.74, 6) is -0.329. The number of rotatable bonds is 8. The van der Waals surface area contributed by atoms with Crippen LogP contribution in [-0.4, -0.2) is 61.8 Å². The molecule has 0 bridgehead atoms. The average Bonchev–Trinajstić information content (AvgIpc) is 3.39. The molecule has 1 aromatic carbocycles. The molecule has 2 atom stereocenters. The first-order valence-electron chi connectivity index (χ1n) is 12.4. The van der Waals surface area contributed by atoms with Crippen molar-refractivity contribution < 1.29 is 19.1 Å². The lowest BCUT2D eigenvalue weighted by Crippen LogP contribution is -2.50. The summed E-state index contributed by atoms with van der Waals surface area (Å²) in [5.41, 5.74) is 6.40. The van der Waals surface area contributed by atoms with Crippen molar-refractivity contribution in [2.45, 2.75) is 64.1 Å². The number of hydrogen-bond acceptors (Lipinski definition) is 10. The molecule has 3 aromatic rings. The summed E-state index contributed by atoms with van der Waals surface area (Å²) in [7, 11) is 1.40. The summed E-state index contributed by atoms with van der Waals surface area (Å²) < 4.78 is 10.8. The second kappa shape index (κ2) is 11.3. The highest BCUT2D eigenvalue weighted by Gasteiger charge is 2.30. The zero-order chi connectivity index (χ0) is 27.3. The molecule has 38 heavy (non-hydrogen) atoms. The number of anilines is 3. The Hall–Kier alpha value is -4.42. The minimum absolute atomic E-state index is 0.00717. The minimum Gasteiger partial charge on any atom is -0.480 e. The minimum atomic E-state index is -0.747. The number of primary amides is 1. The molecule has 1 aliphatic rings. The van der Waals surface area contributed by atoms with E-state index in [0.29, 0.717) is 11.4 Å². The summed E-state index contributed by atoms with van der Waals surface area (Å²) in [6, 6.07) is 6.91. The van der Waals surface area contributed by atoms with Gasteiger partial charge in [-0.25, -0.2) is 4.79 Å². The number of amides is 2. The van der Waals surface area contributed by atoms with Crippen LogP contribution in [0.1, 0.15) is 56.8 Å². The van der Waals surface area contributed by atoms with Crippen molar-refractivity contribution in [1.82, 2.24) is 30.3 Å². The van der Waals surface area contributed by atoms with Gasteiger partial charge in [-0.15, -0.1) is 0 Å². The van der Waals surface area contributed by atoms with Gasteiger partial charge in [0.2, 0.25) is 11.8 Å². The smallest absolute Gasteiger partial charge is 0.407 e. The van der Waals surface area contributed by atoms with Crippen molar-refractivity contribution in [2.24, 2.45) is 5.73 Å². The zero-order valence-corrected chi connectivity index (χ0v) is 21.9. The molecule has 2 heterocycles. The SMILES string of the molecule is COc1nc(NC2CCCCC2NC(=O)OC(C)(C)C)nc(Nc2cccc(-n3nccn3)c2)c1C(N)=O. The fourth-order valence-corrected chi connectivity index (χ4v) is 4.26. The molecule has 1 aliphatic carbocycles. The molecule has 2 aromatic heterocycles. The lowest BCUT2D eigenvalue weighted by molar-refractivity contribution is 0.0488. The number of hydrogen-bond donors (Lipinski definition) is 4. The molecular weight excluding hydrogens is 490 g/mol. The van der Waals surface area contributed by atoms with Crippen LogP contribution in [0.4, 0.5) is 22.2 Å². The van der Waals surface area contributed by atoms with E-state index in [1.54, 1.807) is 24.5 Å². The largest absolute Gasteiger partial charge is 0.480 e. The summed E-state index contributed by atoms with van der Waals surface area (Å²) in [6.45, 7) is 5.46. The first-order chi connectivity index (χ1) is 18.1. The highest BCUT2D eigenvalue weighted by Crippen LogP contribution is 2.29. The van der Waals surface area contributed by atoms with Gasteiger partial charge < -0.3 is 31.2 Å². The van der Waals surface area contributed by atoms with Gasteiger partial charge in [0.1, 0.15) is 11.2 Å². The second-order valence-corrected chi connectivity index (χ2v) is 9.93. The summed E-state index contributed by atoms with van der Waals surface area (Å²) in [6.07, 6.45) is 6.17. The third-order valence-electron chi connectivity index (χ3n) is 5.86. The molecule has 1 saturated carbocycles.